The molecule has 1 amide bonds. The van der Waals surface area contributed by atoms with E-state index in [9.17, 15) is 4.79 Å². The van der Waals surface area contributed by atoms with Crippen LogP contribution in [0.15, 0.2) is 69.6 Å². The third-order valence-corrected chi connectivity index (χ3v) is 4.29. The lowest BCUT2D eigenvalue weighted by atomic mass is 10.2. The van der Waals surface area contributed by atoms with Crippen molar-refractivity contribution in [3.05, 3.63) is 70.9 Å². The van der Waals surface area contributed by atoms with Gasteiger partial charge in [-0.15, -0.1) is 0 Å². The summed E-state index contributed by atoms with van der Waals surface area (Å²) in [5.41, 5.74) is 1.76. The predicted octanol–water partition coefficient (Wildman–Crippen LogP) is 5.29. The van der Waals surface area contributed by atoms with Crippen molar-refractivity contribution < 1.29 is 13.9 Å². The van der Waals surface area contributed by atoms with Crippen LogP contribution in [0, 0.1) is 0 Å². The SMILES string of the molecule is COc1ccc(-c2ccc(CCC(=O)Nc3ccc(Br)cc3)o2)cc1. The Morgan fingerprint density at radius 3 is 2.44 bits per heavy atom. The molecule has 0 saturated heterocycles. The molecule has 1 N–H and O–H groups in total. The Bertz CT molecular complexity index is 838. The van der Waals surface area contributed by atoms with Crippen molar-refractivity contribution in [3.8, 4) is 17.1 Å². The van der Waals surface area contributed by atoms with Crippen molar-refractivity contribution in [2.45, 2.75) is 12.8 Å². The van der Waals surface area contributed by atoms with Crippen LogP contribution in [0.3, 0.4) is 0 Å². The van der Waals surface area contributed by atoms with E-state index in [4.69, 9.17) is 9.15 Å². The summed E-state index contributed by atoms with van der Waals surface area (Å²) in [7, 11) is 1.64. The molecule has 0 bridgehead atoms. The summed E-state index contributed by atoms with van der Waals surface area (Å²) in [6, 6.07) is 19.0. The van der Waals surface area contributed by atoms with E-state index in [1.54, 1.807) is 7.11 Å². The van der Waals surface area contributed by atoms with Crippen molar-refractivity contribution in [1.82, 2.24) is 0 Å². The van der Waals surface area contributed by atoms with Gasteiger partial charge >= 0.3 is 0 Å². The zero-order chi connectivity index (χ0) is 17.6. The second-order valence-corrected chi connectivity index (χ2v) is 6.47. The van der Waals surface area contributed by atoms with Gasteiger partial charge in [0.1, 0.15) is 17.3 Å². The molecular formula is C20H18BrNO3. The van der Waals surface area contributed by atoms with E-state index in [0.29, 0.717) is 12.8 Å². The Balaban J connectivity index is 1.55. The topological polar surface area (TPSA) is 51.5 Å². The molecule has 25 heavy (non-hydrogen) atoms. The van der Waals surface area contributed by atoms with Crippen molar-refractivity contribution in [3.63, 3.8) is 0 Å². The third kappa shape index (κ3) is 4.73. The van der Waals surface area contributed by atoms with Gasteiger partial charge in [-0.1, -0.05) is 15.9 Å². The van der Waals surface area contributed by atoms with Crippen molar-refractivity contribution in [2.24, 2.45) is 0 Å². The van der Waals surface area contributed by atoms with Gasteiger partial charge in [0.2, 0.25) is 5.91 Å². The molecule has 2 aromatic carbocycles. The van der Waals surface area contributed by atoms with Crippen LogP contribution in [0.1, 0.15) is 12.2 Å². The van der Waals surface area contributed by atoms with Gasteiger partial charge in [0.25, 0.3) is 0 Å². The molecule has 128 valence electrons. The van der Waals surface area contributed by atoms with Crippen LogP contribution in [0.5, 0.6) is 5.75 Å². The van der Waals surface area contributed by atoms with Crippen LogP contribution in [0.25, 0.3) is 11.3 Å². The van der Waals surface area contributed by atoms with Gasteiger partial charge in [0, 0.05) is 28.6 Å². The number of hydrogen-bond acceptors (Lipinski definition) is 3. The number of nitrogens with one attached hydrogen (secondary N) is 1. The lowest BCUT2D eigenvalue weighted by Crippen LogP contribution is -2.11. The molecule has 5 heteroatoms. The van der Waals surface area contributed by atoms with E-state index in [0.717, 1.165) is 33.0 Å². The maximum Gasteiger partial charge on any atom is 0.224 e. The standard InChI is InChI=1S/C20H18BrNO3/c1-24-17-8-2-14(3-9-17)19-12-10-18(25-19)11-13-20(23)22-16-6-4-15(21)5-7-16/h2-10,12H,11,13H2,1H3,(H,22,23). The molecule has 1 heterocycles. The number of methoxy groups -OCH3 is 1. The zero-order valence-electron chi connectivity index (χ0n) is 13.8. The van der Waals surface area contributed by atoms with Crippen LogP contribution in [-0.4, -0.2) is 13.0 Å². The number of rotatable bonds is 6. The second kappa shape index (κ2) is 8.03. The first-order valence-corrected chi connectivity index (χ1v) is 8.72. The zero-order valence-corrected chi connectivity index (χ0v) is 15.4. The molecule has 0 spiro atoms. The number of furan rings is 1. The predicted molar refractivity (Wildman–Crippen MR) is 102 cm³/mol. The summed E-state index contributed by atoms with van der Waals surface area (Å²) in [4.78, 5) is 12.0. The first kappa shape index (κ1) is 17.3. The van der Waals surface area contributed by atoms with E-state index in [1.807, 2.05) is 60.7 Å². The fraction of sp³-hybridized carbons (Fsp3) is 0.150. The molecule has 1 aromatic heterocycles. The van der Waals surface area contributed by atoms with Gasteiger partial charge in [0.15, 0.2) is 0 Å². The molecule has 0 saturated carbocycles. The molecule has 0 fully saturated rings. The first-order chi connectivity index (χ1) is 12.1. The van der Waals surface area contributed by atoms with Gasteiger partial charge in [-0.05, 0) is 60.7 Å². The minimum atomic E-state index is -0.0373. The van der Waals surface area contributed by atoms with Crippen LogP contribution in [0.2, 0.25) is 0 Å². The Kier molecular flexibility index (Phi) is 5.56. The lowest BCUT2D eigenvalue weighted by Gasteiger charge is -2.04. The fourth-order valence-electron chi connectivity index (χ4n) is 2.42. The van der Waals surface area contributed by atoms with E-state index < -0.39 is 0 Å². The average Bonchev–Trinajstić information content (AvgIpc) is 3.11. The molecule has 0 aliphatic rings. The Morgan fingerprint density at radius 1 is 1.04 bits per heavy atom. The van der Waals surface area contributed by atoms with Gasteiger partial charge in [-0.2, -0.15) is 0 Å². The number of halogens is 1. The van der Waals surface area contributed by atoms with Crippen LogP contribution < -0.4 is 10.1 Å². The van der Waals surface area contributed by atoms with Gasteiger partial charge in [-0.25, -0.2) is 0 Å². The summed E-state index contributed by atoms with van der Waals surface area (Å²) >= 11 is 3.37. The fourth-order valence-corrected chi connectivity index (χ4v) is 2.68. The van der Waals surface area contributed by atoms with E-state index in [2.05, 4.69) is 21.2 Å². The van der Waals surface area contributed by atoms with Crippen molar-refractivity contribution >= 4 is 27.5 Å². The third-order valence-electron chi connectivity index (χ3n) is 3.76. The number of amides is 1. The van der Waals surface area contributed by atoms with Gasteiger partial charge in [-0.3, -0.25) is 4.79 Å². The van der Waals surface area contributed by atoms with Gasteiger partial charge in [0.05, 0.1) is 7.11 Å². The monoisotopic (exact) mass is 399 g/mol. The van der Waals surface area contributed by atoms with Crippen LogP contribution in [0.4, 0.5) is 5.69 Å². The summed E-state index contributed by atoms with van der Waals surface area (Å²) in [5.74, 6) is 2.34. The highest BCUT2D eigenvalue weighted by Crippen LogP contribution is 2.25. The van der Waals surface area contributed by atoms with Crippen molar-refractivity contribution in [1.29, 1.82) is 0 Å². The largest absolute Gasteiger partial charge is 0.497 e. The summed E-state index contributed by atoms with van der Waals surface area (Å²) in [6.07, 6.45) is 0.921. The maximum atomic E-state index is 12.0. The smallest absolute Gasteiger partial charge is 0.224 e. The molecule has 3 aromatic rings. The quantitative estimate of drug-likeness (QED) is 0.612. The van der Waals surface area contributed by atoms with E-state index in [-0.39, 0.29) is 5.91 Å². The van der Waals surface area contributed by atoms with E-state index in [1.165, 1.54) is 0 Å². The molecule has 0 aliphatic heterocycles. The number of aryl methyl sites for hydroxylation is 1. The highest BCUT2D eigenvalue weighted by Gasteiger charge is 2.08. The molecule has 0 radical (unpaired) electrons. The van der Waals surface area contributed by atoms with Crippen molar-refractivity contribution in [2.75, 3.05) is 12.4 Å². The van der Waals surface area contributed by atoms with Gasteiger partial charge < -0.3 is 14.5 Å². The number of hydrogen-bond donors (Lipinski definition) is 1. The number of carbonyl (C=O) groups is 1. The molecule has 3 rings (SSSR count). The average molecular weight is 400 g/mol. The number of ether oxygens (including phenoxy) is 1. The summed E-state index contributed by atoms with van der Waals surface area (Å²) in [6.45, 7) is 0. The minimum absolute atomic E-state index is 0.0373. The highest BCUT2D eigenvalue weighted by atomic mass is 79.9. The van der Waals surface area contributed by atoms with Crippen LogP contribution in [-0.2, 0) is 11.2 Å². The Morgan fingerprint density at radius 2 is 1.76 bits per heavy atom. The Labute approximate surface area is 154 Å². The molecule has 0 atom stereocenters. The second-order valence-electron chi connectivity index (χ2n) is 5.55. The summed E-state index contributed by atoms with van der Waals surface area (Å²) < 4.78 is 12.0. The molecule has 0 aliphatic carbocycles. The van der Waals surface area contributed by atoms with E-state index >= 15 is 0 Å². The highest BCUT2D eigenvalue weighted by molar-refractivity contribution is 9.10. The molecule has 4 nitrogen and oxygen atoms in total. The Hall–Kier alpha value is -2.53. The minimum Gasteiger partial charge on any atom is -0.497 e. The van der Waals surface area contributed by atoms with Crippen LogP contribution >= 0.6 is 15.9 Å². The number of carbonyl (C=O) groups excluding carboxylic acids is 1. The first-order valence-electron chi connectivity index (χ1n) is 7.92. The number of benzene rings is 2. The molecular weight excluding hydrogens is 382 g/mol. The normalized spacial score (nSPS) is 10.5. The molecule has 0 unspecified atom stereocenters. The maximum absolute atomic E-state index is 12.0. The lowest BCUT2D eigenvalue weighted by molar-refractivity contribution is -0.116. The number of anilines is 1. The summed E-state index contributed by atoms with van der Waals surface area (Å²) in [5, 5.41) is 2.88.